The number of aliphatic hydroxyl groups excluding tert-OH is 1. The average molecular weight is 500 g/mol. The first kappa shape index (κ1) is 25.7. The van der Waals surface area contributed by atoms with Crippen molar-refractivity contribution in [3.05, 3.63) is 101 Å². The van der Waals surface area contributed by atoms with Gasteiger partial charge in [-0.1, -0.05) is 30.3 Å². The number of hydrogen-bond donors (Lipinski definition) is 1. The van der Waals surface area contributed by atoms with Crippen molar-refractivity contribution in [1.29, 1.82) is 0 Å². The van der Waals surface area contributed by atoms with Gasteiger partial charge in [-0.05, 0) is 81.8 Å². The summed E-state index contributed by atoms with van der Waals surface area (Å²) in [4.78, 5) is 40.2. The zero-order chi connectivity index (χ0) is 26.7. The van der Waals surface area contributed by atoms with E-state index < -0.39 is 23.7 Å². The van der Waals surface area contributed by atoms with Crippen LogP contribution in [0.5, 0.6) is 5.75 Å². The van der Waals surface area contributed by atoms with Crippen LogP contribution in [0.15, 0.2) is 84.4 Å². The monoisotopic (exact) mass is 499 g/mol. The fourth-order valence-corrected chi connectivity index (χ4v) is 4.21. The van der Waals surface area contributed by atoms with E-state index >= 15 is 0 Å². The van der Waals surface area contributed by atoms with Gasteiger partial charge in [-0.25, -0.2) is 4.79 Å². The van der Waals surface area contributed by atoms with Gasteiger partial charge in [0.2, 0.25) is 0 Å². The Morgan fingerprint density at radius 2 is 1.41 bits per heavy atom. The first-order valence-corrected chi connectivity index (χ1v) is 12.1. The number of carbonyl (C=O) groups excluding carboxylic acids is 3. The molecule has 1 unspecified atom stereocenters. The minimum atomic E-state index is -0.860. The van der Waals surface area contributed by atoms with Crippen molar-refractivity contribution in [1.82, 2.24) is 0 Å². The summed E-state index contributed by atoms with van der Waals surface area (Å²) in [6.45, 7) is 7.34. The van der Waals surface area contributed by atoms with Gasteiger partial charge in [-0.15, -0.1) is 0 Å². The Hall–Kier alpha value is -4.39. The van der Waals surface area contributed by atoms with Gasteiger partial charge in [0.1, 0.15) is 11.5 Å². The van der Waals surface area contributed by atoms with E-state index in [0.717, 1.165) is 0 Å². The lowest BCUT2D eigenvalue weighted by Crippen LogP contribution is -2.29. The molecule has 0 radical (unpaired) electrons. The van der Waals surface area contributed by atoms with Gasteiger partial charge in [0.05, 0.1) is 29.4 Å². The van der Waals surface area contributed by atoms with E-state index in [2.05, 4.69) is 0 Å². The lowest BCUT2D eigenvalue weighted by molar-refractivity contribution is -0.132. The Labute approximate surface area is 215 Å². The first-order valence-electron chi connectivity index (χ1n) is 12.1. The maximum absolute atomic E-state index is 13.3. The van der Waals surface area contributed by atoms with Crippen LogP contribution < -0.4 is 9.64 Å². The predicted molar refractivity (Wildman–Crippen MR) is 140 cm³/mol. The molecule has 1 saturated heterocycles. The molecule has 1 heterocycles. The van der Waals surface area contributed by atoms with Crippen LogP contribution in [-0.2, 0) is 14.3 Å². The number of aliphatic hydroxyl groups is 1. The van der Waals surface area contributed by atoms with Gasteiger partial charge in [0, 0.05) is 11.3 Å². The maximum Gasteiger partial charge on any atom is 0.338 e. The van der Waals surface area contributed by atoms with Gasteiger partial charge < -0.3 is 14.6 Å². The third-order valence-electron chi connectivity index (χ3n) is 5.78. The van der Waals surface area contributed by atoms with Gasteiger partial charge in [0.15, 0.2) is 0 Å². The summed E-state index contributed by atoms with van der Waals surface area (Å²) in [7, 11) is 0. The fourth-order valence-electron chi connectivity index (χ4n) is 4.21. The Kier molecular flexibility index (Phi) is 7.43. The smallest absolute Gasteiger partial charge is 0.338 e. The standard InChI is InChI=1S/C30H29NO6/c1-18(2)36-24-16-12-21(13-17-24)27(32)25-26(20-8-6-5-7-9-20)31(29(34)28(25)33)23-14-10-22(11-15-23)30(35)37-19(3)4/h5-19,26,32H,1-4H3/b27-25+. The molecule has 4 rings (SSSR count). The minimum absolute atomic E-state index is 0.0125. The average Bonchev–Trinajstić information content (AvgIpc) is 3.14. The first-order chi connectivity index (χ1) is 17.7. The van der Waals surface area contributed by atoms with E-state index in [1.165, 1.54) is 4.90 Å². The molecule has 3 aromatic rings. The molecule has 1 aliphatic rings. The van der Waals surface area contributed by atoms with E-state index in [9.17, 15) is 19.5 Å². The molecule has 3 aromatic carbocycles. The van der Waals surface area contributed by atoms with E-state index in [-0.39, 0.29) is 23.5 Å². The molecule has 0 spiro atoms. The van der Waals surface area contributed by atoms with E-state index in [4.69, 9.17) is 9.47 Å². The molecule has 190 valence electrons. The van der Waals surface area contributed by atoms with Gasteiger partial charge in [-0.3, -0.25) is 14.5 Å². The highest BCUT2D eigenvalue weighted by molar-refractivity contribution is 6.51. The molecular weight excluding hydrogens is 470 g/mol. The molecule has 0 bridgehead atoms. The van der Waals surface area contributed by atoms with Gasteiger partial charge >= 0.3 is 5.97 Å². The number of rotatable bonds is 7. The quantitative estimate of drug-likeness (QED) is 0.195. The summed E-state index contributed by atoms with van der Waals surface area (Å²) in [5.41, 5.74) is 1.77. The third kappa shape index (κ3) is 5.40. The van der Waals surface area contributed by atoms with Crippen molar-refractivity contribution in [3.63, 3.8) is 0 Å². The predicted octanol–water partition coefficient (Wildman–Crippen LogP) is 5.67. The van der Waals surface area contributed by atoms with Gasteiger partial charge in [0.25, 0.3) is 11.7 Å². The Morgan fingerprint density at radius 1 is 0.811 bits per heavy atom. The minimum Gasteiger partial charge on any atom is -0.507 e. The largest absolute Gasteiger partial charge is 0.507 e. The van der Waals surface area contributed by atoms with Crippen LogP contribution in [0.3, 0.4) is 0 Å². The number of hydrogen-bond acceptors (Lipinski definition) is 6. The number of anilines is 1. The second-order valence-electron chi connectivity index (χ2n) is 9.27. The Morgan fingerprint density at radius 3 is 1.97 bits per heavy atom. The van der Waals surface area contributed by atoms with Crippen molar-refractivity contribution >= 4 is 29.1 Å². The van der Waals surface area contributed by atoms with E-state index in [1.807, 2.05) is 19.9 Å². The molecule has 0 aromatic heterocycles. The van der Waals surface area contributed by atoms with Crippen LogP contribution in [0.2, 0.25) is 0 Å². The van der Waals surface area contributed by atoms with Crippen molar-refractivity contribution in [2.24, 2.45) is 0 Å². The number of benzene rings is 3. The summed E-state index contributed by atoms with van der Waals surface area (Å²) in [5, 5.41) is 11.3. The molecule has 7 heteroatoms. The number of nitrogens with zero attached hydrogens (tertiary/aromatic N) is 1. The van der Waals surface area contributed by atoms with Crippen LogP contribution in [0.1, 0.15) is 55.2 Å². The Balaban J connectivity index is 1.78. The van der Waals surface area contributed by atoms with Crippen molar-refractivity contribution < 1.29 is 29.0 Å². The number of esters is 1. The van der Waals surface area contributed by atoms with Crippen LogP contribution in [0.25, 0.3) is 5.76 Å². The molecule has 1 aliphatic heterocycles. The summed E-state index contributed by atoms with van der Waals surface area (Å²) in [5.74, 6) is -1.69. The molecule has 1 amide bonds. The second kappa shape index (κ2) is 10.7. The van der Waals surface area contributed by atoms with Crippen molar-refractivity contribution in [2.75, 3.05) is 4.90 Å². The number of ether oxygens (including phenoxy) is 2. The highest BCUT2D eigenvalue weighted by Crippen LogP contribution is 2.42. The Bertz CT molecular complexity index is 1320. The number of Topliss-reactive ketones (excluding diaryl/α,β-unsaturated/α-hetero) is 1. The zero-order valence-electron chi connectivity index (χ0n) is 21.2. The second-order valence-corrected chi connectivity index (χ2v) is 9.27. The number of ketones is 1. The lowest BCUT2D eigenvalue weighted by atomic mass is 9.95. The highest BCUT2D eigenvalue weighted by atomic mass is 16.5. The lowest BCUT2D eigenvalue weighted by Gasteiger charge is -2.25. The molecule has 37 heavy (non-hydrogen) atoms. The SMILES string of the molecule is CC(C)OC(=O)c1ccc(N2C(=O)C(=O)/C(=C(/O)c3ccc(OC(C)C)cc3)C2c2ccccc2)cc1. The van der Waals surface area contributed by atoms with Crippen LogP contribution in [0, 0.1) is 0 Å². The fraction of sp³-hybridized carbons (Fsp3) is 0.233. The summed E-state index contributed by atoms with van der Waals surface area (Å²) < 4.78 is 10.9. The van der Waals surface area contributed by atoms with Crippen LogP contribution in [-0.4, -0.2) is 35.0 Å². The normalized spacial score (nSPS) is 16.9. The van der Waals surface area contributed by atoms with Crippen molar-refractivity contribution in [2.45, 2.75) is 45.9 Å². The summed E-state index contributed by atoms with van der Waals surface area (Å²) >= 11 is 0. The third-order valence-corrected chi connectivity index (χ3v) is 5.78. The van der Waals surface area contributed by atoms with E-state index in [1.54, 1.807) is 86.6 Å². The molecular formula is C30H29NO6. The molecule has 0 aliphatic carbocycles. The highest BCUT2D eigenvalue weighted by Gasteiger charge is 2.46. The molecule has 1 fully saturated rings. The molecule has 1 atom stereocenters. The number of amides is 1. The van der Waals surface area contributed by atoms with Gasteiger partial charge in [-0.2, -0.15) is 0 Å². The maximum atomic E-state index is 13.3. The van der Waals surface area contributed by atoms with Crippen LogP contribution in [0.4, 0.5) is 5.69 Å². The van der Waals surface area contributed by atoms with E-state index in [0.29, 0.717) is 28.1 Å². The zero-order valence-corrected chi connectivity index (χ0v) is 21.2. The summed E-state index contributed by atoms with van der Waals surface area (Å²) in [6, 6.07) is 21.2. The number of carbonyl (C=O) groups is 3. The summed E-state index contributed by atoms with van der Waals surface area (Å²) in [6.07, 6.45) is -0.282. The molecule has 7 nitrogen and oxygen atoms in total. The molecule has 0 saturated carbocycles. The van der Waals surface area contributed by atoms with Crippen molar-refractivity contribution in [3.8, 4) is 5.75 Å². The molecule has 1 N–H and O–H groups in total. The van der Waals surface area contributed by atoms with Crippen LogP contribution >= 0.6 is 0 Å². The topological polar surface area (TPSA) is 93.1 Å².